The number of anilines is 1. The lowest BCUT2D eigenvalue weighted by molar-refractivity contribution is 0.259. The molecule has 1 aromatic heterocycles. The van der Waals surface area contributed by atoms with Crippen molar-refractivity contribution in [1.82, 2.24) is 0 Å². The number of primary amides is 1. The average molecular weight is 186 g/mol. The quantitative estimate of drug-likeness (QED) is 0.753. The zero-order valence-corrected chi connectivity index (χ0v) is 7.48. The van der Waals surface area contributed by atoms with E-state index >= 15 is 0 Å². The maximum atomic E-state index is 10.5. The van der Waals surface area contributed by atoms with Crippen LogP contribution in [0.4, 0.5) is 9.80 Å². The Balaban J connectivity index is 2.69. The summed E-state index contributed by atoms with van der Waals surface area (Å²) in [4.78, 5) is 10.5. The minimum Gasteiger partial charge on any atom is -0.491 e. The van der Waals surface area contributed by atoms with Gasteiger partial charge in [0, 0.05) is 0 Å². The molecule has 0 fully saturated rings. The third-order valence-corrected chi connectivity index (χ3v) is 1.98. The van der Waals surface area contributed by atoms with Crippen LogP contribution in [0.1, 0.15) is 6.92 Å². The van der Waals surface area contributed by atoms with Crippen molar-refractivity contribution in [3.05, 3.63) is 11.4 Å². The molecule has 1 rings (SSSR count). The Morgan fingerprint density at radius 3 is 3.17 bits per heavy atom. The molecule has 1 aromatic rings. The average Bonchev–Trinajstić information content (AvgIpc) is 2.37. The van der Waals surface area contributed by atoms with Crippen LogP contribution in [0.25, 0.3) is 0 Å². The van der Waals surface area contributed by atoms with Gasteiger partial charge >= 0.3 is 6.03 Å². The van der Waals surface area contributed by atoms with Crippen molar-refractivity contribution < 1.29 is 9.53 Å². The summed E-state index contributed by atoms with van der Waals surface area (Å²) >= 11 is 1.38. The van der Waals surface area contributed by atoms with Crippen LogP contribution in [0.3, 0.4) is 0 Å². The Morgan fingerprint density at radius 2 is 2.58 bits per heavy atom. The van der Waals surface area contributed by atoms with E-state index in [2.05, 4.69) is 5.32 Å². The molecule has 0 aliphatic heterocycles. The number of carbonyl (C=O) groups excluding carboxylic acids is 1. The van der Waals surface area contributed by atoms with Crippen LogP contribution in [0.2, 0.25) is 0 Å². The molecule has 0 aliphatic carbocycles. The fourth-order valence-corrected chi connectivity index (χ4v) is 1.50. The van der Waals surface area contributed by atoms with Crippen LogP contribution in [0.5, 0.6) is 5.75 Å². The van der Waals surface area contributed by atoms with Crippen molar-refractivity contribution in [3.8, 4) is 5.75 Å². The molecule has 2 amide bonds. The fourth-order valence-electron chi connectivity index (χ4n) is 0.770. The topological polar surface area (TPSA) is 64.3 Å². The molecule has 0 aliphatic rings. The first-order valence-electron chi connectivity index (χ1n) is 3.50. The van der Waals surface area contributed by atoms with E-state index in [1.165, 1.54) is 11.3 Å². The van der Waals surface area contributed by atoms with E-state index in [0.29, 0.717) is 17.4 Å². The molecular weight excluding hydrogens is 176 g/mol. The second-order valence-corrected chi connectivity index (χ2v) is 2.95. The first-order chi connectivity index (χ1) is 5.74. The van der Waals surface area contributed by atoms with Crippen molar-refractivity contribution >= 4 is 22.4 Å². The summed E-state index contributed by atoms with van der Waals surface area (Å²) in [6.07, 6.45) is 0. The Hall–Kier alpha value is -1.23. The van der Waals surface area contributed by atoms with Gasteiger partial charge in [0.05, 0.1) is 6.61 Å². The maximum absolute atomic E-state index is 10.5. The first kappa shape index (κ1) is 8.86. The number of hydrogen-bond donors (Lipinski definition) is 2. The zero-order chi connectivity index (χ0) is 8.97. The van der Waals surface area contributed by atoms with E-state index in [0.717, 1.165) is 0 Å². The van der Waals surface area contributed by atoms with E-state index in [1.807, 2.05) is 12.3 Å². The molecule has 0 unspecified atom stereocenters. The van der Waals surface area contributed by atoms with Gasteiger partial charge in [-0.15, -0.1) is 11.3 Å². The summed E-state index contributed by atoms with van der Waals surface area (Å²) in [6.45, 7) is 2.45. The SMILES string of the molecule is CCOc1ccsc1NC(N)=O. The van der Waals surface area contributed by atoms with E-state index in [9.17, 15) is 4.79 Å². The van der Waals surface area contributed by atoms with Crippen LogP contribution in [-0.2, 0) is 0 Å². The minimum absolute atomic E-state index is 0.571. The van der Waals surface area contributed by atoms with Crippen molar-refractivity contribution in [2.24, 2.45) is 5.73 Å². The number of nitrogens with two attached hydrogens (primary N) is 1. The monoisotopic (exact) mass is 186 g/mol. The second-order valence-electron chi connectivity index (χ2n) is 2.04. The van der Waals surface area contributed by atoms with E-state index < -0.39 is 6.03 Å². The van der Waals surface area contributed by atoms with Crippen LogP contribution in [0.15, 0.2) is 11.4 Å². The summed E-state index contributed by atoms with van der Waals surface area (Å²) < 4.78 is 5.22. The Morgan fingerprint density at radius 1 is 1.83 bits per heavy atom. The molecule has 4 nitrogen and oxygen atoms in total. The predicted octanol–water partition coefficient (Wildman–Crippen LogP) is 1.64. The van der Waals surface area contributed by atoms with Crippen LogP contribution < -0.4 is 15.8 Å². The van der Waals surface area contributed by atoms with Crippen LogP contribution in [-0.4, -0.2) is 12.6 Å². The third kappa shape index (κ3) is 2.13. The molecule has 66 valence electrons. The van der Waals surface area contributed by atoms with Crippen molar-refractivity contribution in [1.29, 1.82) is 0 Å². The van der Waals surface area contributed by atoms with Gasteiger partial charge < -0.3 is 10.5 Å². The standard InChI is InChI=1S/C7H10N2O2S/c1-2-11-5-3-4-12-6(5)9-7(8)10/h3-4H,2H2,1H3,(H3,8,9,10). The predicted molar refractivity (Wildman–Crippen MR) is 48.7 cm³/mol. The lowest BCUT2D eigenvalue weighted by atomic mass is 10.5. The Kier molecular flexibility index (Phi) is 2.93. The molecular formula is C7H10N2O2S. The molecule has 0 aromatic carbocycles. The van der Waals surface area contributed by atoms with Gasteiger partial charge in [-0.25, -0.2) is 4.79 Å². The van der Waals surface area contributed by atoms with E-state index in [-0.39, 0.29) is 0 Å². The summed E-state index contributed by atoms with van der Waals surface area (Å²) in [5, 5.41) is 4.96. The van der Waals surface area contributed by atoms with Gasteiger partial charge in [0.15, 0.2) is 5.75 Å². The number of carbonyl (C=O) groups is 1. The number of ether oxygens (including phenoxy) is 1. The molecule has 0 bridgehead atoms. The zero-order valence-electron chi connectivity index (χ0n) is 6.66. The van der Waals surface area contributed by atoms with Crippen molar-refractivity contribution in [3.63, 3.8) is 0 Å². The largest absolute Gasteiger partial charge is 0.491 e. The van der Waals surface area contributed by atoms with E-state index in [4.69, 9.17) is 10.5 Å². The highest BCUT2D eigenvalue weighted by atomic mass is 32.1. The van der Waals surface area contributed by atoms with Gasteiger partial charge in [-0.05, 0) is 18.4 Å². The Bertz CT molecular complexity index is 272. The number of amides is 2. The molecule has 12 heavy (non-hydrogen) atoms. The number of urea groups is 1. The highest BCUT2D eigenvalue weighted by Gasteiger charge is 2.05. The summed E-state index contributed by atoms with van der Waals surface area (Å²) in [5.41, 5.74) is 4.95. The molecule has 5 heteroatoms. The summed E-state index contributed by atoms with van der Waals surface area (Å²) in [6, 6.07) is 1.22. The minimum atomic E-state index is -0.571. The fraction of sp³-hybridized carbons (Fsp3) is 0.286. The number of nitrogens with one attached hydrogen (secondary N) is 1. The molecule has 0 radical (unpaired) electrons. The maximum Gasteiger partial charge on any atom is 0.317 e. The van der Waals surface area contributed by atoms with Gasteiger partial charge in [0.1, 0.15) is 5.00 Å². The normalized spacial score (nSPS) is 9.42. The second kappa shape index (κ2) is 3.96. The molecule has 0 saturated carbocycles. The van der Waals surface area contributed by atoms with Gasteiger partial charge in [-0.3, -0.25) is 5.32 Å². The van der Waals surface area contributed by atoms with E-state index in [1.54, 1.807) is 6.07 Å². The number of hydrogen-bond acceptors (Lipinski definition) is 3. The molecule has 3 N–H and O–H groups in total. The first-order valence-corrected chi connectivity index (χ1v) is 4.38. The van der Waals surface area contributed by atoms with Gasteiger partial charge in [-0.2, -0.15) is 0 Å². The molecule has 0 atom stereocenters. The highest BCUT2D eigenvalue weighted by molar-refractivity contribution is 7.14. The van der Waals surface area contributed by atoms with Crippen molar-refractivity contribution in [2.75, 3.05) is 11.9 Å². The summed E-state index contributed by atoms with van der Waals surface area (Å²) in [7, 11) is 0. The third-order valence-electron chi connectivity index (χ3n) is 1.17. The van der Waals surface area contributed by atoms with Crippen LogP contribution >= 0.6 is 11.3 Å². The lowest BCUT2D eigenvalue weighted by Gasteiger charge is -2.03. The number of thiophene rings is 1. The van der Waals surface area contributed by atoms with Gasteiger partial charge in [0.2, 0.25) is 0 Å². The molecule has 0 spiro atoms. The van der Waals surface area contributed by atoms with Gasteiger partial charge in [-0.1, -0.05) is 0 Å². The molecule has 0 saturated heterocycles. The van der Waals surface area contributed by atoms with Crippen LogP contribution in [0, 0.1) is 0 Å². The molecule has 1 heterocycles. The lowest BCUT2D eigenvalue weighted by Crippen LogP contribution is -2.18. The smallest absolute Gasteiger partial charge is 0.317 e. The number of rotatable bonds is 3. The van der Waals surface area contributed by atoms with Crippen molar-refractivity contribution in [2.45, 2.75) is 6.92 Å². The highest BCUT2D eigenvalue weighted by Crippen LogP contribution is 2.30. The Labute approximate surface area is 74.3 Å². The van der Waals surface area contributed by atoms with Gasteiger partial charge in [0.25, 0.3) is 0 Å². The summed E-state index contributed by atoms with van der Waals surface area (Å²) in [5.74, 6) is 0.668.